The molecule has 31 heavy (non-hydrogen) atoms. The number of carbonyl (C=O) groups excluding carboxylic acids is 2. The van der Waals surface area contributed by atoms with Crippen molar-refractivity contribution in [3.63, 3.8) is 0 Å². The number of likely N-dealkylation sites (tertiary alicyclic amines) is 1. The van der Waals surface area contributed by atoms with Crippen LogP contribution in [0.2, 0.25) is 5.02 Å². The van der Waals surface area contributed by atoms with Crippen LogP contribution in [0, 0.1) is 11.6 Å². The van der Waals surface area contributed by atoms with Crippen molar-refractivity contribution in [1.29, 1.82) is 0 Å². The molecular formula is C21H22ClF2N3O4. The number of primary amides is 1. The molecule has 0 aliphatic carbocycles. The van der Waals surface area contributed by atoms with E-state index in [0.29, 0.717) is 5.02 Å². The van der Waals surface area contributed by atoms with Crippen LogP contribution in [0.4, 0.5) is 19.3 Å². The second-order valence-corrected chi connectivity index (χ2v) is 7.87. The summed E-state index contributed by atoms with van der Waals surface area (Å²) in [7, 11) is 0. The van der Waals surface area contributed by atoms with Crippen molar-refractivity contribution in [1.82, 2.24) is 4.90 Å². The lowest BCUT2D eigenvalue weighted by atomic mass is 9.85. The highest BCUT2D eigenvalue weighted by molar-refractivity contribution is 6.31. The van der Waals surface area contributed by atoms with Crippen molar-refractivity contribution in [3.8, 4) is 5.75 Å². The number of hydrogen-bond acceptors (Lipinski definition) is 4. The number of nitrogens with one attached hydrogen (secondary N) is 1. The molecule has 1 saturated heterocycles. The minimum Gasteiger partial charge on any atom is -0.482 e. The van der Waals surface area contributed by atoms with Crippen molar-refractivity contribution >= 4 is 29.2 Å². The van der Waals surface area contributed by atoms with Gasteiger partial charge in [-0.3, -0.25) is 4.79 Å². The summed E-state index contributed by atoms with van der Waals surface area (Å²) in [6.45, 7) is 0.225. The van der Waals surface area contributed by atoms with Crippen LogP contribution in [0.5, 0.6) is 5.75 Å². The van der Waals surface area contributed by atoms with Gasteiger partial charge < -0.3 is 25.8 Å². The molecule has 3 rings (SSSR count). The monoisotopic (exact) mass is 453 g/mol. The standard InChI is InChI=1S/C21H22ClF2N3O4/c22-14-2-4-18(17(9-14)26-20(25)29)31-12-19(28)27-7-5-21(30,6-8-27)11-13-1-3-15(23)10-16(13)24/h1-4,9-10,30H,5-8,11-12H2,(H3,25,26,29). The first kappa shape index (κ1) is 22.8. The molecule has 4 N–H and O–H groups in total. The molecular weight excluding hydrogens is 432 g/mol. The normalized spacial score (nSPS) is 15.4. The zero-order chi connectivity index (χ0) is 22.6. The van der Waals surface area contributed by atoms with Gasteiger partial charge in [-0.15, -0.1) is 0 Å². The van der Waals surface area contributed by atoms with Gasteiger partial charge in [0.1, 0.15) is 17.4 Å². The lowest BCUT2D eigenvalue weighted by molar-refractivity contribution is -0.137. The maximum Gasteiger partial charge on any atom is 0.316 e. The molecule has 166 valence electrons. The summed E-state index contributed by atoms with van der Waals surface area (Å²) < 4.78 is 32.5. The second kappa shape index (κ2) is 9.49. The quantitative estimate of drug-likeness (QED) is 0.625. The molecule has 0 aromatic heterocycles. The molecule has 1 aliphatic heterocycles. The summed E-state index contributed by atoms with van der Waals surface area (Å²) in [6, 6.07) is 6.95. The van der Waals surface area contributed by atoms with Gasteiger partial charge in [0.2, 0.25) is 0 Å². The van der Waals surface area contributed by atoms with Gasteiger partial charge in [-0.1, -0.05) is 17.7 Å². The molecule has 0 radical (unpaired) electrons. The number of aliphatic hydroxyl groups is 1. The molecule has 1 heterocycles. The predicted molar refractivity (Wildman–Crippen MR) is 111 cm³/mol. The zero-order valence-electron chi connectivity index (χ0n) is 16.5. The van der Waals surface area contributed by atoms with Gasteiger partial charge in [0.25, 0.3) is 5.91 Å². The summed E-state index contributed by atoms with van der Waals surface area (Å²) >= 11 is 5.90. The number of carbonyl (C=O) groups is 2. The molecule has 0 unspecified atom stereocenters. The van der Waals surface area contributed by atoms with Gasteiger partial charge in [0, 0.05) is 30.6 Å². The fourth-order valence-electron chi connectivity index (χ4n) is 3.46. The van der Waals surface area contributed by atoms with Crippen LogP contribution >= 0.6 is 11.6 Å². The maximum atomic E-state index is 13.9. The molecule has 2 aromatic carbocycles. The van der Waals surface area contributed by atoms with Gasteiger partial charge in [-0.05, 0) is 42.7 Å². The number of nitrogens with two attached hydrogens (primary N) is 1. The average Bonchev–Trinajstić information content (AvgIpc) is 2.69. The fourth-order valence-corrected chi connectivity index (χ4v) is 3.63. The van der Waals surface area contributed by atoms with Gasteiger partial charge in [0.15, 0.2) is 6.61 Å². The largest absolute Gasteiger partial charge is 0.482 e. The summed E-state index contributed by atoms with van der Waals surface area (Å²) in [5.74, 6) is -1.46. The average molecular weight is 454 g/mol. The molecule has 0 atom stereocenters. The van der Waals surface area contributed by atoms with E-state index in [0.717, 1.165) is 12.1 Å². The number of amides is 3. The summed E-state index contributed by atoms with van der Waals surface area (Å²) in [5.41, 5.74) is 4.40. The number of piperidine rings is 1. The molecule has 2 aromatic rings. The molecule has 0 saturated carbocycles. The number of benzene rings is 2. The van der Waals surface area contributed by atoms with Crippen LogP contribution < -0.4 is 15.8 Å². The smallest absolute Gasteiger partial charge is 0.316 e. The van der Waals surface area contributed by atoms with E-state index in [-0.39, 0.29) is 61.9 Å². The van der Waals surface area contributed by atoms with Gasteiger partial charge in [-0.2, -0.15) is 0 Å². The first-order valence-corrected chi connectivity index (χ1v) is 9.96. The number of ether oxygens (including phenoxy) is 1. The minimum atomic E-state index is -1.19. The van der Waals surface area contributed by atoms with Crippen LogP contribution in [0.25, 0.3) is 0 Å². The molecule has 1 aliphatic rings. The molecule has 10 heteroatoms. The van der Waals surface area contributed by atoms with E-state index in [1.807, 2.05) is 0 Å². The highest BCUT2D eigenvalue weighted by Gasteiger charge is 2.34. The Balaban J connectivity index is 1.55. The maximum absolute atomic E-state index is 13.9. The second-order valence-electron chi connectivity index (χ2n) is 7.44. The summed E-state index contributed by atoms with van der Waals surface area (Å²) in [4.78, 5) is 25.2. The van der Waals surface area contributed by atoms with E-state index in [2.05, 4.69) is 5.32 Å². The predicted octanol–water partition coefficient (Wildman–Crippen LogP) is 3.08. The SMILES string of the molecule is NC(=O)Nc1cc(Cl)ccc1OCC(=O)N1CCC(O)(Cc2ccc(F)cc2F)CC1. The number of halogens is 3. The molecule has 0 bridgehead atoms. The topological polar surface area (TPSA) is 105 Å². The van der Waals surface area contributed by atoms with Crippen molar-refractivity contribution in [2.45, 2.75) is 24.9 Å². The van der Waals surface area contributed by atoms with Crippen LogP contribution in [-0.2, 0) is 11.2 Å². The van der Waals surface area contributed by atoms with E-state index >= 15 is 0 Å². The van der Waals surface area contributed by atoms with Crippen LogP contribution in [0.3, 0.4) is 0 Å². The number of rotatable bonds is 6. The zero-order valence-corrected chi connectivity index (χ0v) is 17.3. The van der Waals surface area contributed by atoms with Gasteiger partial charge >= 0.3 is 6.03 Å². The minimum absolute atomic E-state index is 0.0323. The van der Waals surface area contributed by atoms with E-state index in [1.54, 1.807) is 6.07 Å². The van der Waals surface area contributed by atoms with Crippen molar-refractivity contribution < 1.29 is 28.2 Å². The molecule has 7 nitrogen and oxygen atoms in total. The number of nitrogens with zero attached hydrogens (tertiary/aromatic N) is 1. The third-order valence-electron chi connectivity index (χ3n) is 5.13. The van der Waals surface area contributed by atoms with E-state index in [4.69, 9.17) is 22.1 Å². The third-order valence-corrected chi connectivity index (χ3v) is 5.37. The number of anilines is 1. The highest BCUT2D eigenvalue weighted by Crippen LogP contribution is 2.29. The molecule has 1 fully saturated rings. The van der Waals surface area contributed by atoms with Crippen molar-refractivity contribution in [2.24, 2.45) is 5.73 Å². The first-order valence-electron chi connectivity index (χ1n) is 9.58. The Morgan fingerprint density at radius 1 is 1.19 bits per heavy atom. The van der Waals surface area contributed by atoms with E-state index < -0.39 is 23.3 Å². The van der Waals surface area contributed by atoms with Crippen LogP contribution in [0.1, 0.15) is 18.4 Å². The lowest BCUT2D eigenvalue weighted by Crippen LogP contribution is -2.49. The number of hydrogen-bond donors (Lipinski definition) is 3. The van der Waals surface area contributed by atoms with Crippen molar-refractivity contribution in [3.05, 3.63) is 58.6 Å². The Morgan fingerprint density at radius 3 is 2.55 bits per heavy atom. The van der Waals surface area contributed by atoms with Gasteiger partial charge in [0.05, 0.1) is 11.3 Å². The Bertz CT molecular complexity index is 981. The van der Waals surface area contributed by atoms with Crippen LogP contribution in [-0.4, -0.2) is 47.2 Å². The Morgan fingerprint density at radius 2 is 1.90 bits per heavy atom. The number of urea groups is 1. The molecule has 0 spiro atoms. The van der Waals surface area contributed by atoms with Crippen molar-refractivity contribution in [2.75, 3.05) is 25.0 Å². The fraction of sp³-hybridized carbons (Fsp3) is 0.333. The third kappa shape index (κ3) is 6.05. The van der Waals surface area contributed by atoms with Gasteiger partial charge in [-0.25, -0.2) is 13.6 Å². The lowest BCUT2D eigenvalue weighted by Gasteiger charge is -2.38. The Hall–Kier alpha value is -2.91. The van der Waals surface area contributed by atoms with Crippen LogP contribution in [0.15, 0.2) is 36.4 Å². The first-order chi connectivity index (χ1) is 14.6. The van der Waals surface area contributed by atoms with E-state index in [1.165, 1.54) is 23.1 Å². The van der Waals surface area contributed by atoms with E-state index in [9.17, 15) is 23.5 Å². The summed E-state index contributed by atoms with van der Waals surface area (Å²) in [5, 5.41) is 13.5. The Labute approximate surface area is 182 Å². The highest BCUT2D eigenvalue weighted by atomic mass is 35.5. The Kier molecular flexibility index (Phi) is 6.97. The summed E-state index contributed by atoms with van der Waals surface area (Å²) in [6.07, 6.45) is 0.514. The molecule has 3 amide bonds.